The summed E-state index contributed by atoms with van der Waals surface area (Å²) in [7, 11) is 0. The van der Waals surface area contributed by atoms with Crippen molar-refractivity contribution >= 4 is 0 Å². The number of rotatable bonds is 5. The van der Waals surface area contributed by atoms with Crippen LogP contribution in [0, 0.1) is 11.3 Å². The van der Waals surface area contributed by atoms with Crippen LogP contribution in [0.4, 0.5) is 0 Å². The Kier molecular flexibility index (Phi) is 5.36. The molecular weight excluding hydrogens is 156 g/mol. The fourth-order valence-corrected chi connectivity index (χ4v) is 1.26. The molecule has 13 heavy (non-hydrogen) atoms. The predicted octanol–water partition coefficient (Wildman–Crippen LogP) is 4.81. The van der Waals surface area contributed by atoms with Crippen LogP contribution in [0.3, 0.4) is 0 Å². The Morgan fingerprint density at radius 3 is 2.15 bits per heavy atom. The Labute approximate surface area is 84.4 Å². The molecule has 0 bridgehead atoms. The maximum atomic E-state index is 2.37. The molecule has 0 amide bonds. The summed E-state index contributed by atoms with van der Waals surface area (Å²) < 4.78 is 0. The number of hydrogen-bond acceptors (Lipinski definition) is 0. The van der Waals surface area contributed by atoms with Gasteiger partial charge in [0.15, 0.2) is 0 Å². The lowest BCUT2D eigenvalue weighted by molar-refractivity contribution is 0.307. The Morgan fingerprint density at radius 2 is 1.77 bits per heavy atom. The second kappa shape index (κ2) is 5.47. The average molecular weight is 182 g/mol. The molecule has 0 fully saturated rings. The zero-order valence-corrected chi connectivity index (χ0v) is 10.3. The molecule has 0 aliphatic carbocycles. The molecule has 0 N–H and O–H groups in total. The van der Waals surface area contributed by atoms with E-state index < -0.39 is 0 Å². The first-order valence-electron chi connectivity index (χ1n) is 5.47. The van der Waals surface area contributed by atoms with E-state index in [-0.39, 0.29) is 0 Å². The van der Waals surface area contributed by atoms with Crippen molar-refractivity contribution in [3.63, 3.8) is 0 Å². The van der Waals surface area contributed by atoms with Gasteiger partial charge in [0.2, 0.25) is 0 Å². The van der Waals surface area contributed by atoms with Crippen LogP contribution in [0.1, 0.15) is 60.8 Å². The first-order chi connectivity index (χ1) is 5.83. The van der Waals surface area contributed by atoms with Gasteiger partial charge >= 0.3 is 0 Å². The van der Waals surface area contributed by atoms with Crippen LogP contribution in [-0.2, 0) is 0 Å². The van der Waals surface area contributed by atoms with E-state index in [1.54, 1.807) is 0 Å². The van der Waals surface area contributed by atoms with Gasteiger partial charge in [0.1, 0.15) is 0 Å². The van der Waals surface area contributed by atoms with Gasteiger partial charge in [-0.3, -0.25) is 0 Å². The van der Waals surface area contributed by atoms with Crippen LogP contribution in [0.5, 0.6) is 0 Å². The van der Waals surface area contributed by atoms with Gasteiger partial charge in [0.05, 0.1) is 0 Å². The molecule has 0 aliphatic rings. The maximum Gasteiger partial charge on any atom is -0.0297 e. The van der Waals surface area contributed by atoms with Crippen LogP contribution in [-0.4, -0.2) is 0 Å². The molecule has 0 aliphatic heterocycles. The predicted molar refractivity (Wildman–Crippen MR) is 61.9 cm³/mol. The van der Waals surface area contributed by atoms with Crippen molar-refractivity contribution < 1.29 is 0 Å². The third-order valence-electron chi connectivity index (χ3n) is 2.46. The molecule has 0 atom stereocenters. The summed E-state index contributed by atoms with van der Waals surface area (Å²) in [5, 5.41) is 0. The molecule has 0 nitrogen and oxygen atoms in total. The van der Waals surface area contributed by atoms with Crippen LogP contribution in [0.15, 0.2) is 11.6 Å². The van der Waals surface area contributed by atoms with Crippen molar-refractivity contribution in [1.82, 2.24) is 0 Å². The molecule has 0 heterocycles. The highest BCUT2D eigenvalue weighted by Crippen LogP contribution is 2.29. The summed E-state index contributed by atoms with van der Waals surface area (Å²) in [6, 6.07) is 0. The first-order valence-corrected chi connectivity index (χ1v) is 5.47. The van der Waals surface area contributed by atoms with Gasteiger partial charge < -0.3 is 0 Å². The summed E-state index contributed by atoms with van der Waals surface area (Å²) >= 11 is 0. The largest absolute Gasteiger partial charge is 0.0854 e. The molecule has 0 heteroatoms. The molecule has 0 aromatic heterocycles. The monoisotopic (exact) mass is 182 g/mol. The van der Waals surface area contributed by atoms with E-state index in [4.69, 9.17) is 0 Å². The Hall–Kier alpha value is -0.260. The average Bonchev–Trinajstić information content (AvgIpc) is 1.98. The van der Waals surface area contributed by atoms with Gasteiger partial charge in [-0.1, -0.05) is 45.8 Å². The molecule has 0 saturated carbocycles. The zero-order chi connectivity index (χ0) is 10.5. The van der Waals surface area contributed by atoms with Gasteiger partial charge in [0.25, 0.3) is 0 Å². The van der Waals surface area contributed by atoms with Crippen LogP contribution < -0.4 is 0 Å². The van der Waals surface area contributed by atoms with Crippen molar-refractivity contribution in [2.75, 3.05) is 0 Å². The fourth-order valence-electron chi connectivity index (χ4n) is 1.26. The highest BCUT2D eigenvalue weighted by Gasteiger charge is 2.16. The van der Waals surface area contributed by atoms with E-state index in [9.17, 15) is 0 Å². The van der Waals surface area contributed by atoms with Crippen molar-refractivity contribution in [3.05, 3.63) is 11.6 Å². The van der Waals surface area contributed by atoms with Gasteiger partial charge in [0, 0.05) is 0 Å². The van der Waals surface area contributed by atoms with Crippen LogP contribution >= 0.6 is 0 Å². The molecule has 0 aromatic rings. The lowest BCUT2D eigenvalue weighted by atomic mass is 9.82. The molecule has 0 rings (SSSR count). The van der Waals surface area contributed by atoms with Crippen molar-refractivity contribution in [2.45, 2.75) is 60.8 Å². The molecule has 0 saturated heterocycles. The van der Waals surface area contributed by atoms with Crippen molar-refractivity contribution in [1.29, 1.82) is 0 Å². The quantitative estimate of drug-likeness (QED) is 0.535. The molecule has 0 radical (unpaired) electrons. The Balaban J connectivity index is 3.86. The highest BCUT2D eigenvalue weighted by atomic mass is 14.2. The second-order valence-electron chi connectivity index (χ2n) is 5.58. The molecule has 0 aromatic carbocycles. The minimum absolute atomic E-state index is 0.488. The summed E-state index contributed by atoms with van der Waals surface area (Å²) in [6.45, 7) is 13.7. The Bertz CT molecular complexity index is 157. The highest BCUT2D eigenvalue weighted by molar-refractivity contribution is 4.95. The van der Waals surface area contributed by atoms with E-state index in [2.05, 4.69) is 47.6 Å². The van der Waals surface area contributed by atoms with E-state index in [1.165, 1.54) is 24.8 Å². The van der Waals surface area contributed by atoms with Gasteiger partial charge in [-0.25, -0.2) is 0 Å². The number of hydrogen-bond donors (Lipinski definition) is 0. The summed E-state index contributed by atoms with van der Waals surface area (Å²) in [4.78, 5) is 0. The third kappa shape index (κ3) is 8.08. The molecular formula is C13H26. The first kappa shape index (κ1) is 12.7. The lowest BCUT2D eigenvalue weighted by Crippen LogP contribution is -2.11. The SMILES string of the molecule is CC(C)=CCC(C)(C)CCC(C)C. The van der Waals surface area contributed by atoms with Gasteiger partial charge in [-0.15, -0.1) is 0 Å². The lowest BCUT2D eigenvalue weighted by Gasteiger charge is -2.24. The van der Waals surface area contributed by atoms with Gasteiger partial charge in [-0.05, 0) is 38.0 Å². The standard InChI is InChI=1S/C13H26/c1-11(2)7-9-13(5,6)10-8-12(3)4/h7,12H,8-10H2,1-6H3. The van der Waals surface area contributed by atoms with Crippen molar-refractivity contribution in [2.24, 2.45) is 11.3 Å². The fraction of sp³-hybridized carbons (Fsp3) is 0.846. The maximum absolute atomic E-state index is 2.37. The summed E-state index contributed by atoms with van der Waals surface area (Å²) in [6.07, 6.45) is 6.28. The smallest absolute Gasteiger partial charge is 0.0297 e. The minimum Gasteiger partial charge on any atom is -0.0854 e. The van der Waals surface area contributed by atoms with E-state index in [0.29, 0.717) is 5.41 Å². The topological polar surface area (TPSA) is 0 Å². The van der Waals surface area contributed by atoms with E-state index in [1.807, 2.05) is 0 Å². The molecule has 0 spiro atoms. The summed E-state index contributed by atoms with van der Waals surface area (Å²) in [5.74, 6) is 0.839. The summed E-state index contributed by atoms with van der Waals surface area (Å²) in [5.41, 5.74) is 1.93. The van der Waals surface area contributed by atoms with E-state index in [0.717, 1.165) is 5.92 Å². The third-order valence-corrected chi connectivity index (χ3v) is 2.46. The van der Waals surface area contributed by atoms with Gasteiger partial charge in [-0.2, -0.15) is 0 Å². The second-order valence-corrected chi connectivity index (χ2v) is 5.58. The normalized spacial score (nSPS) is 11.9. The molecule has 78 valence electrons. The number of allylic oxidation sites excluding steroid dienone is 2. The Morgan fingerprint density at radius 1 is 1.23 bits per heavy atom. The van der Waals surface area contributed by atoms with Crippen molar-refractivity contribution in [3.8, 4) is 0 Å². The van der Waals surface area contributed by atoms with Crippen LogP contribution in [0.2, 0.25) is 0 Å². The molecule has 0 unspecified atom stereocenters. The zero-order valence-electron chi connectivity index (χ0n) is 10.3. The minimum atomic E-state index is 0.488. The van der Waals surface area contributed by atoms with Crippen LogP contribution in [0.25, 0.3) is 0 Å². The van der Waals surface area contributed by atoms with E-state index >= 15 is 0 Å².